The zero-order chi connectivity index (χ0) is 18.2. The summed E-state index contributed by atoms with van der Waals surface area (Å²) in [5, 5.41) is 3.43. The molecule has 25 heavy (non-hydrogen) atoms. The van der Waals surface area contributed by atoms with Crippen LogP contribution in [0.2, 0.25) is 0 Å². The lowest BCUT2D eigenvalue weighted by atomic mass is 9.90. The van der Waals surface area contributed by atoms with Gasteiger partial charge in [-0.25, -0.2) is 0 Å². The van der Waals surface area contributed by atoms with E-state index in [0.717, 1.165) is 25.1 Å². The average molecular weight is 354 g/mol. The molecule has 4 heteroatoms. The quantitative estimate of drug-likeness (QED) is 0.643. The van der Waals surface area contributed by atoms with E-state index in [0.29, 0.717) is 18.2 Å². The van der Waals surface area contributed by atoms with Crippen molar-refractivity contribution < 1.29 is 4.74 Å². The van der Waals surface area contributed by atoms with E-state index in [2.05, 4.69) is 49.9 Å². The summed E-state index contributed by atoms with van der Waals surface area (Å²) in [6, 6.07) is 2.04. The van der Waals surface area contributed by atoms with Gasteiger partial charge in [0.15, 0.2) is 0 Å². The summed E-state index contributed by atoms with van der Waals surface area (Å²) in [7, 11) is 2.35. The number of piperidine rings is 1. The number of ether oxygens (including phenoxy) is 1. The molecule has 1 aliphatic heterocycles. The van der Waals surface area contributed by atoms with E-state index in [9.17, 15) is 0 Å². The fourth-order valence-corrected chi connectivity index (χ4v) is 4.43. The van der Waals surface area contributed by atoms with E-state index in [1.165, 1.54) is 58.2 Å². The molecule has 0 spiro atoms. The summed E-state index contributed by atoms with van der Waals surface area (Å²) < 4.78 is 6.06. The zero-order valence-electron chi connectivity index (χ0n) is 17.5. The molecule has 0 aromatic carbocycles. The van der Waals surface area contributed by atoms with Crippen molar-refractivity contribution in [1.82, 2.24) is 15.1 Å². The van der Waals surface area contributed by atoms with Crippen molar-refractivity contribution in [3.8, 4) is 0 Å². The van der Waals surface area contributed by atoms with Crippen LogP contribution in [0.3, 0.4) is 0 Å². The second-order valence-electron chi connectivity index (χ2n) is 8.92. The molecule has 0 bridgehead atoms. The second kappa shape index (κ2) is 10.9. The number of rotatable bonds is 9. The molecule has 1 saturated heterocycles. The van der Waals surface area contributed by atoms with Gasteiger partial charge in [-0.15, -0.1) is 0 Å². The minimum Gasteiger partial charge on any atom is -0.377 e. The number of hydrogen-bond acceptors (Lipinski definition) is 4. The Labute approximate surface area is 156 Å². The highest BCUT2D eigenvalue weighted by Crippen LogP contribution is 2.27. The lowest BCUT2D eigenvalue weighted by Gasteiger charge is -2.39. The summed E-state index contributed by atoms with van der Waals surface area (Å²) in [6.45, 7) is 14.7. The Balaban J connectivity index is 1.59. The molecule has 2 rings (SSSR count). The van der Waals surface area contributed by atoms with Crippen LogP contribution >= 0.6 is 0 Å². The topological polar surface area (TPSA) is 27.7 Å². The van der Waals surface area contributed by atoms with Gasteiger partial charge in [0.25, 0.3) is 0 Å². The number of nitrogens with zero attached hydrogens (tertiary/aromatic N) is 2. The third-order valence-corrected chi connectivity index (χ3v) is 6.20. The molecule has 148 valence electrons. The van der Waals surface area contributed by atoms with Crippen LogP contribution in [-0.4, -0.2) is 73.9 Å². The maximum absolute atomic E-state index is 6.06. The van der Waals surface area contributed by atoms with E-state index in [1.807, 2.05) is 0 Å². The Hall–Kier alpha value is -0.160. The van der Waals surface area contributed by atoms with Crippen molar-refractivity contribution in [2.45, 2.75) is 90.4 Å². The minimum atomic E-state index is 0.493. The maximum Gasteiger partial charge on any atom is 0.0594 e. The third-order valence-electron chi connectivity index (χ3n) is 6.20. The Morgan fingerprint density at radius 3 is 2.20 bits per heavy atom. The fourth-order valence-electron chi connectivity index (χ4n) is 4.43. The molecule has 0 aromatic rings. The van der Waals surface area contributed by atoms with E-state index in [1.54, 1.807) is 0 Å². The summed E-state index contributed by atoms with van der Waals surface area (Å²) in [5.41, 5.74) is 0. The van der Waals surface area contributed by atoms with E-state index in [-0.39, 0.29) is 0 Å². The molecule has 1 N–H and O–H groups in total. The molecule has 0 unspecified atom stereocenters. The number of nitrogens with one attached hydrogen (secondary N) is 1. The SMILES string of the molecule is CC(C)NCCO[C@H]1CC[C@H](N(C)CC2CCN(C(C)C)CC2)CC1. The van der Waals surface area contributed by atoms with Crippen molar-refractivity contribution in [1.29, 1.82) is 0 Å². The van der Waals surface area contributed by atoms with E-state index >= 15 is 0 Å². The Bertz CT molecular complexity index is 345. The van der Waals surface area contributed by atoms with Crippen LogP contribution in [0.4, 0.5) is 0 Å². The van der Waals surface area contributed by atoms with Crippen molar-refractivity contribution in [3.63, 3.8) is 0 Å². The molecule has 0 aromatic heterocycles. The first-order valence-corrected chi connectivity index (χ1v) is 10.7. The van der Waals surface area contributed by atoms with Gasteiger partial charge in [-0.2, -0.15) is 0 Å². The van der Waals surface area contributed by atoms with Crippen LogP contribution in [0.25, 0.3) is 0 Å². The van der Waals surface area contributed by atoms with Gasteiger partial charge >= 0.3 is 0 Å². The van der Waals surface area contributed by atoms with Gasteiger partial charge in [-0.1, -0.05) is 13.8 Å². The van der Waals surface area contributed by atoms with Crippen LogP contribution in [0.5, 0.6) is 0 Å². The van der Waals surface area contributed by atoms with Crippen LogP contribution in [0.15, 0.2) is 0 Å². The van der Waals surface area contributed by atoms with Crippen molar-refractivity contribution >= 4 is 0 Å². The first-order valence-electron chi connectivity index (χ1n) is 10.7. The molecule has 4 nitrogen and oxygen atoms in total. The molecule has 0 atom stereocenters. The first kappa shape index (κ1) is 21.1. The molecule has 1 aliphatic carbocycles. The minimum absolute atomic E-state index is 0.493. The molecule has 0 radical (unpaired) electrons. The smallest absolute Gasteiger partial charge is 0.0594 e. The van der Waals surface area contributed by atoms with Gasteiger partial charge < -0.3 is 19.9 Å². The molecule has 2 aliphatic rings. The van der Waals surface area contributed by atoms with Gasteiger partial charge in [0.1, 0.15) is 0 Å². The average Bonchev–Trinajstić information content (AvgIpc) is 2.59. The lowest BCUT2D eigenvalue weighted by Crippen LogP contribution is -2.44. The highest BCUT2D eigenvalue weighted by molar-refractivity contribution is 4.82. The van der Waals surface area contributed by atoms with E-state index < -0.39 is 0 Å². The molecule has 1 heterocycles. The molecule has 1 saturated carbocycles. The predicted octanol–water partition coefficient (Wildman–Crippen LogP) is 3.36. The monoisotopic (exact) mass is 353 g/mol. The van der Waals surface area contributed by atoms with Gasteiger partial charge in [-0.3, -0.25) is 0 Å². The fraction of sp³-hybridized carbons (Fsp3) is 1.00. The third kappa shape index (κ3) is 7.54. The van der Waals surface area contributed by atoms with Crippen LogP contribution in [-0.2, 0) is 4.74 Å². The molecular formula is C21H43N3O. The highest BCUT2D eigenvalue weighted by atomic mass is 16.5. The standard InChI is InChI=1S/C21H43N3O/c1-17(2)22-12-15-25-21-8-6-20(7-9-21)23(5)16-19-10-13-24(14-11-19)18(3)4/h17-22H,6-16H2,1-5H3/t20-,21-. The van der Waals surface area contributed by atoms with Gasteiger partial charge in [0.05, 0.1) is 12.7 Å². The Kier molecular flexibility index (Phi) is 9.18. The number of likely N-dealkylation sites (tertiary alicyclic amines) is 1. The van der Waals surface area contributed by atoms with Crippen molar-refractivity contribution in [3.05, 3.63) is 0 Å². The molecular weight excluding hydrogens is 310 g/mol. The zero-order valence-corrected chi connectivity index (χ0v) is 17.5. The largest absolute Gasteiger partial charge is 0.377 e. The van der Waals surface area contributed by atoms with Gasteiger partial charge in [0, 0.05) is 31.2 Å². The van der Waals surface area contributed by atoms with Crippen LogP contribution in [0, 0.1) is 5.92 Å². The molecule has 0 amide bonds. The predicted molar refractivity (Wildman–Crippen MR) is 107 cm³/mol. The summed E-state index contributed by atoms with van der Waals surface area (Å²) in [5.74, 6) is 0.899. The normalized spacial score (nSPS) is 26.9. The maximum atomic E-state index is 6.06. The second-order valence-corrected chi connectivity index (χ2v) is 8.92. The van der Waals surface area contributed by atoms with Gasteiger partial charge in [0.2, 0.25) is 0 Å². The van der Waals surface area contributed by atoms with E-state index in [4.69, 9.17) is 4.74 Å². The van der Waals surface area contributed by atoms with Crippen LogP contribution in [0.1, 0.15) is 66.2 Å². The van der Waals surface area contributed by atoms with Gasteiger partial charge in [-0.05, 0) is 78.4 Å². The summed E-state index contributed by atoms with van der Waals surface area (Å²) in [4.78, 5) is 5.29. The van der Waals surface area contributed by atoms with Crippen molar-refractivity contribution in [2.75, 3.05) is 39.8 Å². The first-order chi connectivity index (χ1) is 12.0. The highest BCUT2D eigenvalue weighted by Gasteiger charge is 2.27. The Morgan fingerprint density at radius 1 is 1.00 bits per heavy atom. The molecule has 2 fully saturated rings. The lowest BCUT2D eigenvalue weighted by molar-refractivity contribution is 0.00824. The summed E-state index contributed by atoms with van der Waals surface area (Å²) >= 11 is 0. The van der Waals surface area contributed by atoms with Crippen molar-refractivity contribution in [2.24, 2.45) is 5.92 Å². The number of hydrogen-bond donors (Lipinski definition) is 1. The van der Waals surface area contributed by atoms with Crippen LogP contribution < -0.4 is 5.32 Å². The summed E-state index contributed by atoms with van der Waals surface area (Å²) in [6.07, 6.45) is 8.35. The Morgan fingerprint density at radius 2 is 1.64 bits per heavy atom.